The fourth-order valence-corrected chi connectivity index (χ4v) is 2.54. The minimum atomic E-state index is 0.194. The minimum Gasteiger partial charge on any atom is -0.309 e. The molecule has 2 rings (SSSR count). The van der Waals surface area contributed by atoms with Gasteiger partial charge in [0.2, 0.25) is 0 Å². The number of aromatic nitrogens is 3. The zero-order valence-corrected chi connectivity index (χ0v) is 14.2. The van der Waals surface area contributed by atoms with Crippen molar-refractivity contribution in [2.45, 2.75) is 33.2 Å². The van der Waals surface area contributed by atoms with E-state index in [-0.39, 0.29) is 6.04 Å². The van der Waals surface area contributed by atoms with Gasteiger partial charge in [-0.05, 0) is 60.9 Å². The lowest BCUT2D eigenvalue weighted by atomic mass is 10.2. The fraction of sp³-hybridized carbons (Fsp3) is 0.429. The molecule has 2 aromatic rings. The Morgan fingerprint density at radius 2 is 2.20 bits per heavy atom. The maximum Gasteiger partial charge on any atom is 0.103 e. The lowest BCUT2D eigenvalue weighted by Crippen LogP contribution is -2.20. The van der Waals surface area contributed by atoms with Crippen LogP contribution in [-0.2, 0) is 0 Å². The first-order chi connectivity index (χ1) is 9.54. The standard InChI is InChI=1S/C14H18BrClN4/c1-4-7-17-9(2)14-10(3)20(19-18-14)11-5-6-13(16)12(15)8-11/h5-6,8-9,17H,4,7H2,1-3H3. The van der Waals surface area contributed by atoms with Gasteiger partial charge in [0.05, 0.1) is 22.4 Å². The minimum absolute atomic E-state index is 0.194. The molecule has 0 amide bonds. The van der Waals surface area contributed by atoms with Gasteiger partial charge in [-0.15, -0.1) is 5.10 Å². The van der Waals surface area contributed by atoms with E-state index in [1.165, 1.54) is 0 Å². The summed E-state index contributed by atoms with van der Waals surface area (Å²) in [6.07, 6.45) is 1.10. The van der Waals surface area contributed by atoms with Gasteiger partial charge in [0.25, 0.3) is 0 Å². The number of hydrogen-bond acceptors (Lipinski definition) is 3. The van der Waals surface area contributed by atoms with Gasteiger partial charge in [-0.25, -0.2) is 4.68 Å². The van der Waals surface area contributed by atoms with Crippen LogP contribution in [0.25, 0.3) is 5.69 Å². The highest BCUT2D eigenvalue weighted by Gasteiger charge is 2.16. The average molecular weight is 358 g/mol. The molecule has 1 unspecified atom stereocenters. The third-order valence-corrected chi connectivity index (χ3v) is 4.40. The van der Waals surface area contributed by atoms with E-state index in [0.717, 1.165) is 34.5 Å². The summed E-state index contributed by atoms with van der Waals surface area (Å²) < 4.78 is 2.69. The predicted molar refractivity (Wildman–Crippen MR) is 85.5 cm³/mol. The maximum atomic E-state index is 6.02. The van der Waals surface area contributed by atoms with Crippen molar-refractivity contribution in [1.82, 2.24) is 20.3 Å². The number of benzene rings is 1. The van der Waals surface area contributed by atoms with Crippen molar-refractivity contribution in [1.29, 1.82) is 0 Å². The van der Waals surface area contributed by atoms with Crippen molar-refractivity contribution in [2.24, 2.45) is 0 Å². The third-order valence-electron chi connectivity index (χ3n) is 3.19. The molecule has 0 saturated heterocycles. The summed E-state index contributed by atoms with van der Waals surface area (Å²) >= 11 is 9.45. The summed E-state index contributed by atoms with van der Waals surface area (Å²) in [5, 5.41) is 12.7. The summed E-state index contributed by atoms with van der Waals surface area (Å²) in [6, 6.07) is 5.92. The van der Waals surface area contributed by atoms with Crippen molar-refractivity contribution in [3.8, 4) is 5.69 Å². The van der Waals surface area contributed by atoms with Gasteiger partial charge >= 0.3 is 0 Å². The Hall–Kier alpha value is -0.910. The lowest BCUT2D eigenvalue weighted by Gasteiger charge is -2.11. The van der Waals surface area contributed by atoms with Gasteiger partial charge < -0.3 is 5.32 Å². The highest BCUT2D eigenvalue weighted by molar-refractivity contribution is 9.10. The van der Waals surface area contributed by atoms with Crippen LogP contribution in [0, 0.1) is 6.92 Å². The lowest BCUT2D eigenvalue weighted by molar-refractivity contribution is 0.555. The summed E-state index contributed by atoms with van der Waals surface area (Å²) in [7, 11) is 0. The predicted octanol–water partition coefficient (Wildman–Crippen LogP) is 4.05. The van der Waals surface area contributed by atoms with E-state index in [2.05, 4.69) is 45.4 Å². The molecule has 0 aliphatic heterocycles. The second kappa shape index (κ2) is 6.70. The van der Waals surface area contributed by atoms with Crippen LogP contribution in [0.1, 0.15) is 37.7 Å². The Morgan fingerprint density at radius 3 is 2.85 bits per heavy atom. The highest BCUT2D eigenvalue weighted by Crippen LogP contribution is 2.26. The van der Waals surface area contributed by atoms with Crippen molar-refractivity contribution in [3.05, 3.63) is 39.1 Å². The molecule has 1 atom stereocenters. The maximum absolute atomic E-state index is 6.02. The summed E-state index contributed by atoms with van der Waals surface area (Å²) in [6.45, 7) is 7.26. The van der Waals surface area contributed by atoms with E-state index < -0.39 is 0 Å². The zero-order chi connectivity index (χ0) is 14.7. The molecule has 20 heavy (non-hydrogen) atoms. The molecule has 0 radical (unpaired) electrons. The summed E-state index contributed by atoms with van der Waals surface area (Å²) in [5.41, 5.74) is 2.96. The van der Waals surface area contributed by atoms with E-state index in [9.17, 15) is 0 Å². The fourth-order valence-electron chi connectivity index (χ4n) is 2.06. The van der Waals surface area contributed by atoms with Gasteiger partial charge in [0.1, 0.15) is 5.69 Å². The average Bonchev–Trinajstić information content (AvgIpc) is 2.81. The molecule has 1 aromatic heterocycles. The molecule has 0 saturated carbocycles. The van der Waals surface area contributed by atoms with Crippen LogP contribution in [0.5, 0.6) is 0 Å². The second-order valence-electron chi connectivity index (χ2n) is 4.75. The Bertz CT molecular complexity index is 597. The van der Waals surface area contributed by atoms with Crippen LogP contribution in [0.4, 0.5) is 0 Å². The van der Waals surface area contributed by atoms with Crippen LogP contribution in [0.3, 0.4) is 0 Å². The van der Waals surface area contributed by atoms with Crippen LogP contribution >= 0.6 is 27.5 Å². The number of hydrogen-bond donors (Lipinski definition) is 1. The smallest absolute Gasteiger partial charge is 0.103 e. The van der Waals surface area contributed by atoms with E-state index in [0.29, 0.717) is 5.02 Å². The first-order valence-corrected chi connectivity index (χ1v) is 7.82. The van der Waals surface area contributed by atoms with Crippen molar-refractivity contribution < 1.29 is 0 Å². The van der Waals surface area contributed by atoms with Crippen molar-refractivity contribution in [2.75, 3.05) is 6.54 Å². The molecule has 1 aromatic carbocycles. The number of nitrogens with one attached hydrogen (secondary N) is 1. The van der Waals surface area contributed by atoms with E-state index >= 15 is 0 Å². The highest BCUT2D eigenvalue weighted by atomic mass is 79.9. The SMILES string of the molecule is CCCNC(C)c1nnn(-c2ccc(Cl)c(Br)c2)c1C. The van der Waals surface area contributed by atoms with Crippen LogP contribution in [-0.4, -0.2) is 21.5 Å². The topological polar surface area (TPSA) is 42.7 Å². The molecule has 0 aliphatic carbocycles. The molecule has 6 heteroatoms. The molecule has 1 heterocycles. The van der Waals surface area contributed by atoms with E-state index in [1.54, 1.807) is 0 Å². The Kier molecular flexibility index (Phi) is 5.18. The van der Waals surface area contributed by atoms with Gasteiger partial charge in [-0.3, -0.25) is 0 Å². The van der Waals surface area contributed by atoms with Gasteiger partial charge in [-0.2, -0.15) is 0 Å². The largest absolute Gasteiger partial charge is 0.309 e. The zero-order valence-electron chi connectivity index (χ0n) is 11.8. The number of nitrogens with zero attached hydrogens (tertiary/aromatic N) is 3. The summed E-state index contributed by atoms with van der Waals surface area (Å²) in [5.74, 6) is 0. The Labute approximate surface area is 132 Å². The molecular formula is C14H18BrClN4. The first kappa shape index (κ1) is 15.5. The third kappa shape index (κ3) is 3.22. The molecule has 1 N–H and O–H groups in total. The molecule has 4 nitrogen and oxygen atoms in total. The Morgan fingerprint density at radius 1 is 1.45 bits per heavy atom. The molecule has 0 bridgehead atoms. The Balaban J connectivity index is 2.30. The summed E-state index contributed by atoms with van der Waals surface area (Å²) in [4.78, 5) is 0. The number of halogens is 2. The van der Waals surface area contributed by atoms with Crippen LogP contribution in [0.2, 0.25) is 5.02 Å². The molecule has 0 aliphatic rings. The quantitative estimate of drug-likeness (QED) is 0.877. The monoisotopic (exact) mass is 356 g/mol. The number of rotatable bonds is 5. The van der Waals surface area contributed by atoms with Crippen LogP contribution < -0.4 is 5.32 Å². The molecule has 0 spiro atoms. The van der Waals surface area contributed by atoms with Crippen molar-refractivity contribution in [3.63, 3.8) is 0 Å². The van der Waals surface area contributed by atoms with Gasteiger partial charge in [-0.1, -0.05) is 23.7 Å². The van der Waals surface area contributed by atoms with Gasteiger partial charge in [0.15, 0.2) is 0 Å². The van der Waals surface area contributed by atoms with E-state index in [1.807, 2.05) is 29.8 Å². The molecule has 108 valence electrons. The van der Waals surface area contributed by atoms with Crippen LogP contribution in [0.15, 0.2) is 22.7 Å². The molecule has 0 fully saturated rings. The van der Waals surface area contributed by atoms with Crippen molar-refractivity contribution >= 4 is 27.5 Å². The first-order valence-electron chi connectivity index (χ1n) is 6.65. The normalized spacial score (nSPS) is 12.7. The van der Waals surface area contributed by atoms with Gasteiger partial charge in [0, 0.05) is 4.47 Å². The van der Waals surface area contributed by atoms with E-state index in [4.69, 9.17) is 11.6 Å². The molecular weight excluding hydrogens is 340 g/mol. The second-order valence-corrected chi connectivity index (χ2v) is 6.01.